The van der Waals surface area contributed by atoms with Crippen LogP contribution < -0.4 is 10.6 Å². The van der Waals surface area contributed by atoms with Crippen LogP contribution in [0.5, 0.6) is 0 Å². The zero-order valence-electron chi connectivity index (χ0n) is 12.0. The molecule has 1 saturated carbocycles. The van der Waals surface area contributed by atoms with Crippen LogP contribution in [-0.4, -0.2) is 46.5 Å². The van der Waals surface area contributed by atoms with Gasteiger partial charge < -0.3 is 10.6 Å². The molecule has 2 N–H and O–H groups in total. The van der Waals surface area contributed by atoms with E-state index in [1.807, 2.05) is 0 Å². The van der Waals surface area contributed by atoms with Crippen LogP contribution in [0.4, 0.5) is 0 Å². The lowest BCUT2D eigenvalue weighted by Gasteiger charge is -2.41. The Labute approximate surface area is 134 Å². The van der Waals surface area contributed by atoms with Gasteiger partial charge in [-0.05, 0) is 24.7 Å². The van der Waals surface area contributed by atoms with Gasteiger partial charge in [0.1, 0.15) is 9.84 Å². The van der Waals surface area contributed by atoms with Crippen LogP contribution in [-0.2, 0) is 9.84 Å². The molecule has 1 rings (SSSR count). The second kappa shape index (κ2) is 8.28. The molecule has 0 amide bonds. The normalized spacial score (nSPS) is 18.2. The van der Waals surface area contributed by atoms with Gasteiger partial charge in [-0.25, -0.2) is 8.42 Å². The van der Waals surface area contributed by atoms with Crippen molar-refractivity contribution in [2.24, 2.45) is 10.4 Å². The molecule has 7 heteroatoms. The predicted octanol–water partition coefficient (Wildman–Crippen LogP) is 1.39. The van der Waals surface area contributed by atoms with E-state index in [-0.39, 0.29) is 29.7 Å². The summed E-state index contributed by atoms with van der Waals surface area (Å²) in [5, 5.41) is 6.32. The highest BCUT2D eigenvalue weighted by Gasteiger charge is 2.34. The van der Waals surface area contributed by atoms with Crippen LogP contribution in [0.3, 0.4) is 0 Å². The summed E-state index contributed by atoms with van der Waals surface area (Å²) < 4.78 is 22.0. The molecule has 0 saturated heterocycles. The van der Waals surface area contributed by atoms with Gasteiger partial charge in [-0.1, -0.05) is 13.3 Å². The lowest BCUT2D eigenvalue weighted by Crippen LogP contribution is -2.46. The van der Waals surface area contributed by atoms with Crippen molar-refractivity contribution in [3.05, 3.63) is 0 Å². The predicted molar refractivity (Wildman–Crippen MR) is 91.1 cm³/mol. The third-order valence-corrected chi connectivity index (χ3v) is 4.73. The van der Waals surface area contributed by atoms with Gasteiger partial charge in [0.05, 0.1) is 5.75 Å². The Morgan fingerprint density at radius 2 is 1.95 bits per heavy atom. The summed E-state index contributed by atoms with van der Waals surface area (Å²) in [7, 11) is -1.21. The molecule has 114 valence electrons. The first-order valence-electron chi connectivity index (χ1n) is 6.53. The van der Waals surface area contributed by atoms with Crippen molar-refractivity contribution in [2.45, 2.75) is 32.6 Å². The first-order valence-corrected chi connectivity index (χ1v) is 8.59. The molecule has 0 aromatic heterocycles. The van der Waals surface area contributed by atoms with Crippen LogP contribution in [0.25, 0.3) is 0 Å². The molecule has 1 aliphatic carbocycles. The number of hydrogen-bond acceptors (Lipinski definition) is 3. The summed E-state index contributed by atoms with van der Waals surface area (Å²) >= 11 is 0. The van der Waals surface area contributed by atoms with Crippen molar-refractivity contribution in [1.82, 2.24) is 10.6 Å². The Hall–Kier alpha value is -0.0500. The minimum absolute atomic E-state index is 0. The quantitative estimate of drug-likeness (QED) is 0.400. The van der Waals surface area contributed by atoms with E-state index in [0.29, 0.717) is 17.9 Å². The molecular weight excluding hydrogens is 377 g/mol. The van der Waals surface area contributed by atoms with Crippen molar-refractivity contribution in [3.63, 3.8) is 0 Å². The molecular formula is C12H26IN3O2S. The minimum atomic E-state index is -2.91. The third-order valence-electron chi connectivity index (χ3n) is 3.78. The zero-order chi connectivity index (χ0) is 13.6. The van der Waals surface area contributed by atoms with E-state index in [9.17, 15) is 8.42 Å². The second-order valence-electron chi connectivity index (χ2n) is 5.19. The van der Waals surface area contributed by atoms with Crippen molar-refractivity contribution < 1.29 is 8.42 Å². The molecule has 0 atom stereocenters. The van der Waals surface area contributed by atoms with Crippen LogP contribution in [0.2, 0.25) is 0 Å². The summed E-state index contributed by atoms with van der Waals surface area (Å²) in [4.78, 5) is 4.10. The minimum Gasteiger partial charge on any atom is -0.356 e. The number of nitrogens with zero attached hydrogens (tertiary/aromatic N) is 1. The third kappa shape index (κ3) is 6.78. The number of nitrogens with one attached hydrogen (secondary N) is 2. The molecule has 5 nitrogen and oxygen atoms in total. The van der Waals surface area contributed by atoms with E-state index < -0.39 is 9.84 Å². The number of guanidine groups is 1. The van der Waals surface area contributed by atoms with Crippen molar-refractivity contribution in [1.29, 1.82) is 0 Å². The average molecular weight is 403 g/mol. The van der Waals surface area contributed by atoms with Gasteiger partial charge in [-0.15, -0.1) is 24.0 Å². The van der Waals surface area contributed by atoms with Crippen molar-refractivity contribution in [3.8, 4) is 0 Å². The molecule has 1 fully saturated rings. The number of aliphatic imine (C=N–C) groups is 1. The number of hydrogen-bond donors (Lipinski definition) is 2. The Morgan fingerprint density at radius 1 is 1.32 bits per heavy atom. The van der Waals surface area contributed by atoms with E-state index in [2.05, 4.69) is 22.5 Å². The molecule has 0 bridgehead atoms. The first-order chi connectivity index (χ1) is 8.41. The fourth-order valence-corrected chi connectivity index (χ4v) is 2.65. The van der Waals surface area contributed by atoms with Gasteiger partial charge in [0, 0.05) is 26.4 Å². The van der Waals surface area contributed by atoms with Crippen LogP contribution in [0.15, 0.2) is 4.99 Å². The molecule has 0 aromatic carbocycles. The smallest absolute Gasteiger partial charge is 0.191 e. The van der Waals surface area contributed by atoms with Gasteiger partial charge in [0.2, 0.25) is 0 Å². The maximum absolute atomic E-state index is 11.0. The summed E-state index contributed by atoms with van der Waals surface area (Å²) in [6.45, 7) is 3.54. The highest BCUT2D eigenvalue weighted by Crippen LogP contribution is 2.42. The average Bonchev–Trinajstić information content (AvgIpc) is 2.24. The standard InChI is InChI=1S/C12H25N3O2S.HI/c1-4-12(6-5-7-12)10-15-11(13-2)14-8-9-18(3,16)17;/h4-10H2,1-3H3,(H2,13,14,15);1H. The topological polar surface area (TPSA) is 70.6 Å². The summed E-state index contributed by atoms with van der Waals surface area (Å²) in [5.74, 6) is 0.825. The van der Waals surface area contributed by atoms with Crippen LogP contribution in [0, 0.1) is 5.41 Å². The summed E-state index contributed by atoms with van der Waals surface area (Å²) in [6, 6.07) is 0. The van der Waals surface area contributed by atoms with Crippen LogP contribution in [0.1, 0.15) is 32.6 Å². The Kier molecular flexibility index (Phi) is 8.26. The number of rotatable bonds is 6. The summed E-state index contributed by atoms with van der Waals surface area (Å²) in [6.07, 6.45) is 6.29. The Bertz CT molecular complexity index is 386. The molecule has 0 unspecified atom stereocenters. The monoisotopic (exact) mass is 403 g/mol. The number of halogens is 1. The Balaban J connectivity index is 0.00000324. The van der Waals surface area contributed by atoms with Crippen LogP contribution >= 0.6 is 24.0 Å². The number of sulfone groups is 1. The first kappa shape index (κ1) is 18.9. The van der Waals surface area contributed by atoms with Gasteiger partial charge in [-0.2, -0.15) is 0 Å². The Morgan fingerprint density at radius 3 is 2.32 bits per heavy atom. The molecule has 0 aromatic rings. The van der Waals surface area contributed by atoms with E-state index in [4.69, 9.17) is 0 Å². The van der Waals surface area contributed by atoms with E-state index in [0.717, 1.165) is 6.54 Å². The van der Waals surface area contributed by atoms with Crippen molar-refractivity contribution in [2.75, 3.05) is 32.1 Å². The fraction of sp³-hybridized carbons (Fsp3) is 0.917. The van der Waals surface area contributed by atoms with Gasteiger partial charge in [0.15, 0.2) is 5.96 Å². The highest BCUT2D eigenvalue weighted by atomic mass is 127. The summed E-state index contributed by atoms with van der Waals surface area (Å²) in [5.41, 5.74) is 0.425. The second-order valence-corrected chi connectivity index (χ2v) is 7.45. The molecule has 19 heavy (non-hydrogen) atoms. The molecule has 0 heterocycles. The lowest BCUT2D eigenvalue weighted by atomic mass is 9.67. The van der Waals surface area contributed by atoms with Gasteiger partial charge >= 0.3 is 0 Å². The maximum atomic E-state index is 11.0. The molecule has 0 aliphatic heterocycles. The largest absolute Gasteiger partial charge is 0.356 e. The van der Waals surface area contributed by atoms with Crippen molar-refractivity contribution >= 4 is 39.8 Å². The highest BCUT2D eigenvalue weighted by molar-refractivity contribution is 14.0. The van der Waals surface area contributed by atoms with E-state index in [1.165, 1.54) is 31.9 Å². The zero-order valence-corrected chi connectivity index (χ0v) is 15.2. The molecule has 0 radical (unpaired) electrons. The van der Waals surface area contributed by atoms with E-state index >= 15 is 0 Å². The molecule has 1 aliphatic rings. The molecule has 0 spiro atoms. The fourth-order valence-electron chi connectivity index (χ4n) is 2.18. The lowest BCUT2D eigenvalue weighted by molar-refractivity contribution is 0.131. The van der Waals surface area contributed by atoms with Gasteiger partial charge in [0.25, 0.3) is 0 Å². The van der Waals surface area contributed by atoms with Gasteiger partial charge in [-0.3, -0.25) is 4.99 Å². The maximum Gasteiger partial charge on any atom is 0.191 e. The SMILES string of the molecule is CCC1(CNC(=NC)NCCS(C)(=O)=O)CCC1.I. The van der Waals surface area contributed by atoms with E-state index in [1.54, 1.807) is 7.05 Å².